The standard InChI is InChI=1S/C12H22O4/c1-11(13-3)12(2,14-4)16-10-8-6-5-7-9(10)15-11/h9-10H,5-8H2,1-4H3/t9-,10-,11+,12+/m0/s1. The van der Waals surface area contributed by atoms with Crippen molar-refractivity contribution in [2.24, 2.45) is 0 Å². The minimum absolute atomic E-state index is 0.141. The zero-order valence-corrected chi connectivity index (χ0v) is 10.6. The molecule has 2 rings (SSSR count). The van der Waals surface area contributed by atoms with E-state index < -0.39 is 11.6 Å². The maximum Gasteiger partial charge on any atom is 0.220 e. The van der Waals surface area contributed by atoms with Crippen LogP contribution in [0.2, 0.25) is 0 Å². The Balaban J connectivity index is 2.20. The Hall–Kier alpha value is -0.160. The molecule has 4 atom stereocenters. The molecule has 1 aliphatic heterocycles. The average molecular weight is 230 g/mol. The van der Waals surface area contributed by atoms with Gasteiger partial charge in [-0.05, 0) is 26.7 Å². The van der Waals surface area contributed by atoms with Crippen molar-refractivity contribution in [3.05, 3.63) is 0 Å². The first kappa shape index (κ1) is 12.3. The number of rotatable bonds is 2. The van der Waals surface area contributed by atoms with Gasteiger partial charge in [-0.1, -0.05) is 12.8 Å². The summed E-state index contributed by atoms with van der Waals surface area (Å²) in [6, 6.07) is 0. The van der Waals surface area contributed by atoms with E-state index in [1.165, 1.54) is 12.8 Å². The summed E-state index contributed by atoms with van der Waals surface area (Å²) in [5.41, 5.74) is 0. The summed E-state index contributed by atoms with van der Waals surface area (Å²) in [5, 5.41) is 0. The molecule has 2 aliphatic rings. The van der Waals surface area contributed by atoms with Crippen LogP contribution < -0.4 is 0 Å². The molecule has 0 aromatic rings. The normalized spacial score (nSPS) is 48.8. The second-order valence-corrected chi connectivity index (χ2v) is 4.90. The van der Waals surface area contributed by atoms with E-state index in [1.54, 1.807) is 14.2 Å². The molecule has 1 saturated heterocycles. The molecule has 0 unspecified atom stereocenters. The second kappa shape index (κ2) is 4.26. The Morgan fingerprint density at radius 1 is 0.875 bits per heavy atom. The van der Waals surface area contributed by atoms with Crippen molar-refractivity contribution in [1.82, 2.24) is 0 Å². The van der Waals surface area contributed by atoms with Gasteiger partial charge in [-0.3, -0.25) is 0 Å². The molecular weight excluding hydrogens is 208 g/mol. The SMILES string of the molecule is CO[C@]1(C)O[C@H]2CCCC[C@@H]2O[C@@]1(C)OC. The molecule has 94 valence electrons. The summed E-state index contributed by atoms with van der Waals surface area (Å²) in [4.78, 5) is 0. The summed E-state index contributed by atoms with van der Waals surface area (Å²) in [6.07, 6.45) is 4.78. The van der Waals surface area contributed by atoms with Crippen molar-refractivity contribution in [3.63, 3.8) is 0 Å². The molecule has 1 heterocycles. The number of ether oxygens (including phenoxy) is 4. The van der Waals surface area contributed by atoms with E-state index in [4.69, 9.17) is 18.9 Å². The van der Waals surface area contributed by atoms with Gasteiger partial charge >= 0.3 is 0 Å². The maximum absolute atomic E-state index is 6.06. The number of hydrogen-bond donors (Lipinski definition) is 0. The lowest BCUT2D eigenvalue weighted by atomic mass is 9.91. The summed E-state index contributed by atoms with van der Waals surface area (Å²) >= 11 is 0. The Kier molecular flexibility index (Phi) is 3.27. The van der Waals surface area contributed by atoms with E-state index in [-0.39, 0.29) is 12.2 Å². The Morgan fingerprint density at radius 3 is 1.56 bits per heavy atom. The van der Waals surface area contributed by atoms with Crippen LogP contribution in [0.1, 0.15) is 39.5 Å². The first-order chi connectivity index (χ1) is 7.54. The minimum atomic E-state index is -0.833. The Labute approximate surface area is 97.2 Å². The molecule has 4 nitrogen and oxygen atoms in total. The lowest BCUT2D eigenvalue weighted by Gasteiger charge is -2.53. The fourth-order valence-electron chi connectivity index (χ4n) is 2.59. The van der Waals surface area contributed by atoms with Gasteiger partial charge in [-0.15, -0.1) is 0 Å². The first-order valence-electron chi connectivity index (χ1n) is 6.00. The van der Waals surface area contributed by atoms with Crippen LogP contribution in [0.25, 0.3) is 0 Å². The zero-order valence-electron chi connectivity index (χ0n) is 10.6. The molecule has 0 aromatic heterocycles. The van der Waals surface area contributed by atoms with Gasteiger partial charge in [0.2, 0.25) is 11.6 Å². The van der Waals surface area contributed by atoms with E-state index in [0.717, 1.165) is 12.8 Å². The first-order valence-corrected chi connectivity index (χ1v) is 6.00. The van der Waals surface area contributed by atoms with Crippen LogP contribution in [-0.2, 0) is 18.9 Å². The summed E-state index contributed by atoms with van der Waals surface area (Å²) in [5.74, 6) is -1.67. The molecule has 0 aromatic carbocycles. The highest BCUT2D eigenvalue weighted by molar-refractivity contribution is 4.92. The van der Waals surface area contributed by atoms with Crippen molar-refractivity contribution in [3.8, 4) is 0 Å². The average Bonchev–Trinajstić information content (AvgIpc) is 2.30. The van der Waals surface area contributed by atoms with Gasteiger partial charge in [-0.2, -0.15) is 0 Å². The Morgan fingerprint density at radius 2 is 1.25 bits per heavy atom. The lowest BCUT2D eigenvalue weighted by Crippen LogP contribution is -2.65. The van der Waals surface area contributed by atoms with Crippen molar-refractivity contribution in [2.75, 3.05) is 14.2 Å². The lowest BCUT2D eigenvalue weighted by molar-refractivity contribution is -0.450. The van der Waals surface area contributed by atoms with Crippen LogP contribution in [0.4, 0.5) is 0 Å². The van der Waals surface area contributed by atoms with E-state index in [2.05, 4.69) is 0 Å². The van der Waals surface area contributed by atoms with Gasteiger partial charge in [-0.25, -0.2) is 0 Å². The van der Waals surface area contributed by atoms with Crippen LogP contribution in [0.15, 0.2) is 0 Å². The molecule has 2 fully saturated rings. The third-order valence-electron chi connectivity index (χ3n) is 4.00. The van der Waals surface area contributed by atoms with Crippen LogP contribution in [0, 0.1) is 0 Å². The number of methoxy groups -OCH3 is 2. The van der Waals surface area contributed by atoms with Crippen LogP contribution in [0.5, 0.6) is 0 Å². The summed E-state index contributed by atoms with van der Waals surface area (Å²) in [7, 11) is 3.26. The highest BCUT2D eigenvalue weighted by Gasteiger charge is 2.56. The molecule has 0 radical (unpaired) electrons. The smallest absolute Gasteiger partial charge is 0.220 e. The largest absolute Gasteiger partial charge is 0.349 e. The van der Waals surface area contributed by atoms with E-state index in [0.29, 0.717) is 0 Å². The third kappa shape index (κ3) is 1.78. The van der Waals surface area contributed by atoms with Gasteiger partial charge in [0.1, 0.15) is 0 Å². The Bertz CT molecular complexity index is 231. The predicted octanol–water partition coefficient (Wildman–Crippen LogP) is 2.07. The molecule has 16 heavy (non-hydrogen) atoms. The van der Waals surface area contributed by atoms with E-state index >= 15 is 0 Å². The summed E-state index contributed by atoms with van der Waals surface area (Å²) < 4.78 is 23.0. The van der Waals surface area contributed by atoms with Gasteiger partial charge in [0.15, 0.2) is 0 Å². The molecule has 0 amide bonds. The third-order valence-corrected chi connectivity index (χ3v) is 4.00. The van der Waals surface area contributed by atoms with Crippen LogP contribution >= 0.6 is 0 Å². The highest BCUT2D eigenvalue weighted by atomic mass is 16.8. The van der Waals surface area contributed by atoms with Gasteiger partial charge in [0.25, 0.3) is 0 Å². The fourth-order valence-corrected chi connectivity index (χ4v) is 2.59. The number of fused-ring (bicyclic) bond motifs is 1. The topological polar surface area (TPSA) is 36.9 Å². The highest BCUT2D eigenvalue weighted by Crippen LogP contribution is 2.42. The molecule has 1 saturated carbocycles. The maximum atomic E-state index is 6.06. The minimum Gasteiger partial charge on any atom is -0.349 e. The van der Waals surface area contributed by atoms with Gasteiger partial charge in [0.05, 0.1) is 12.2 Å². The van der Waals surface area contributed by atoms with Crippen molar-refractivity contribution in [1.29, 1.82) is 0 Å². The molecule has 0 bridgehead atoms. The van der Waals surface area contributed by atoms with Gasteiger partial charge < -0.3 is 18.9 Å². The predicted molar refractivity (Wildman–Crippen MR) is 59.0 cm³/mol. The van der Waals surface area contributed by atoms with E-state index in [1.807, 2.05) is 13.8 Å². The van der Waals surface area contributed by atoms with Crippen molar-refractivity contribution >= 4 is 0 Å². The zero-order chi connectivity index (χ0) is 11.8. The van der Waals surface area contributed by atoms with Crippen LogP contribution in [0.3, 0.4) is 0 Å². The van der Waals surface area contributed by atoms with Crippen molar-refractivity contribution < 1.29 is 18.9 Å². The molecule has 0 spiro atoms. The molecule has 0 N–H and O–H groups in total. The van der Waals surface area contributed by atoms with Gasteiger partial charge in [0, 0.05) is 14.2 Å². The fraction of sp³-hybridized carbons (Fsp3) is 1.00. The molecular formula is C12H22O4. The second-order valence-electron chi connectivity index (χ2n) is 4.90. The van der Waals surface area contributed by atoms with Crippen LogP contribution in [-0.4, -0.2) is 38.0 Å². The molecule has 1 aliphatic carbocycles. The number of hydrogen-bond acceptors (Lipinski definition) is 4. The summed E-state index contributed by atoms with van der Waals surface area (Å²) in [6.45, 7) is 3.75. The molecule has 4 heteroatoms. The quantitative estimate of drug-likeness (QED) is 0.727. The van der Waals surface area contributed by atoms with Crippen molar-refractivity contribution in [2.45, 2.75) is 63.3 Å². The van der Waals surface area contributed by atoms with E-state index in [9.17, 15) is 0 Å². The monoisotopic (exact) mass is 230 g/mol.